The number of hydrogen-bond donors (Lipinski definition) is 1. The molecule has 0 spiro atoms. The fourth-order valence-corrected chi connectivity index (χ4v) is 2.58. The van der Waals surface area contributed by atoms with Crippen molar-refractivity contribution in [3.05, 3.63) is 51.5 Å². The Morgan fingerprint density at radius 2 is 2.00 bits per heavy atom. The summed E-state index contributed by atoms with van der Waals surface area (Å²) in [7, 11) is 0. The molecule has 21 heavy (non-hydrogen) atoms. The number of rotatable bonds is 2. The van der Waals surface area contributed by atoms with Gasteiger partial charge in [-0.3, -0.25) is 0 Å². The third-order valence-corrected chi connectivity index (χ3v) is 3.87. The first-order valence-electron chi connectivity index (χ1n) is 6.16. The summed E-state index contributed by atoms with van der Waals surface area (Å²) in [6.45, 7) is 1.99. The minimum absolute atomic E-state index is 0.552. The second-order valence-corrected chi connectivity index (χ2v) is 5.92. The molecule has 0 aliphatic heterocycles. The average molecular weight is 365 g/mol. The molecule has 0 bridgehead atoms. The van der Waals surface area contributed by atoms with Crippen LogP contribution in [0.25, 0.3) is 17.1 Å². The highest BCUT2D eigenvalue weighted by Gasteiger charge is 2.16. The number of nitrogen functional groups attached to an aromatic ring is 1. The molecule has 106 valence electrons. The van der Waals surface area contributed by atoms with E-state index in [-0.39, 0.29) is 0 Å². The van der Waals surface area contributed by atoms with E-state index in [0.717, 1.165) is 15.6 Å². The van der Waals surface area contributed by atoms with Crippen molar-refractivity contribution in [3.63, 3.8) is 0 Å². The van der Waals surface area contributed by atoms with Crippen molar-refractivity contribution in [1.29, 1.82) is 0 Å². The summed E-state index contributed by atoms with van der Waals surface area (Å²) in [4.78, 5) is 0. The Labute approximate surface area is 134 Å². The highest BCUT2D eigenvalue weighted by molar-refractivity contribution is 9.10. The molecule has 3 aromatic rings. The van der Waals surface area contributed by atoms with Crippen LogP contribution in [-0.4, -0.2) is 20.2 Å². The summed E-state index contributed by atoms with van der Waals surface area (Å²) in [6.07, 6.45) is 0. The second kappa shape index (κ2) is 5.46. The number of benzene rings is 2. The minimum Gasteiger partial charge on any atom is -0.398 e. The van der Waals surface area contributed by atoms with Gasteiger partial charge in [-0.25, -0.2) is 0 Å². The van der Waals surface area contributed by atoms with E-state index in [4.69, 9.17) is 17.3 Å². The van der Waals surface area contributed by atoms with Crippen molar-refractivity contribution in [2.75, 3.05) is 5.73 Å². The normalized spacial score (nSPS) is 10.8. The van der Waals surface area contributed by atoms with E-state index >= 15 is 0 Å². The molecule has 0 aliphatic rings. The number of nitrogens with two attached hydrogens (primary N) is 1. The molecule has 2 N–H and O–H groups in total. The lowest BCUT2D eigenvalue weighted by atomic mass is 10.1. The summed E-state index contributed by atoms with van der Waals surface area (Å²) < 4.78 is 2.47. The molecule has 0 atom stereocenters. The van der Waals surface area contributed by atoms with E-state index in [1.165, 1.54) is 0 Å². The predicted octanol–water partition coefficient (Wildman–Crippen LogP) is 3.64. The van der Waals surface area contributed by atoms with Gasteiger partial charge in [0.05, 0.1) is 10.7 Å². The van der Waals surface area contributed by atoms with Crippen LogP contribution < -0.4 is 5.73 Å². The molecule has 2 aromatic carbocycles. The Hall–Kier alpha value is -1.92. The van der Waals surface area contributed by atoms with Gasteiger partial charge in [0.1, 0.15) is 0 Å². The maximum absolute atomic E-state index is 6.25. The summed E-state index contributed by atoms with van der Waals surface area (Å²) in [5.74, 6) is 0.552. The number of anilines is 1. The molecule has 0 saturated carbocycles. The Balaban J connectivity index is 2.22. The first-order valence-corrected chi connectivity index (χ1v) is 7.33. The van der Waals surface area contributed by atoms with Gasteiger partial charge in [0.25, 0.3) is 0 Å². The molecule has 0 unspecified atom stereocenters. The van der Waals surface area contributed by atoms with Gasteiger partial charge >= 0.3 is 0 Å². The van der Waals surface area contributed by atoms with Crippen LogP contribution in [0.5, 0.6) is 0 Å². The van der Waals surface area contributed by atoms with Gasteiger partial charge < -0.3 is 5.73 Å². The van der Waals surface area contributed by atoms with E-state index in [9.17, 15) is 0 Å². The van der Waals surface area contributed by atoms with Crippen LogP contribution in [0.2, 0.25) is 5.02 Å². The van der Waals surface area contributed by atoms with Crippen molar-refractivity contribution in [2.45, 2.75) is 6.92 Å². The van der Waals surface area contributed by atoms with Crippen molar-refractivity contribution in [2.24, 2.45) is 0 Å². The molecule has 5 nitrogen and oxygen atoms in total. The minimum atomic E-state index is 0.552. The van der Waals surface area contributed by atoms with Crippen molar-refractivity contribution in [1.82, 2.24) is 20.2 Å². The molecule has 3 rings (SSSR count). The summed E-state index contributed by atoms with van der Waals surface area (Å²) in [5, 5.41) is 12.4. The smallest absolute Gasteiger partial charge is 0.189 e. The van der Waals surface area contributed by atoms with Crippen LogP contribution in [0.4, 0.5) is 5.69 Å². The zero-order valence-electron chi connectivity index (χ0n) is 11.1. The predicted molar refractivity (Wildman–Crippen MR) is 86.4 cm³/mol. The number of aryl methyl sites for hydroxylation is 1. The highest BCUT2D eigenvalue weighted by atomic mass is 79.9. The van der Waals surface area contributed by atoms with Crippen LogP contribution in [0.3, 0.4) is 0 Å². The monoisotopic (exact) mass is 363 g/mol. The average Bonchev–Trinajstić information content (AvgIpc) is 2.93. The van der Waals surface area contributed by atoms with Gasteiger partial charge in [-0.1, -0.05) is 39.2 Å². The topological polar surface area (TPSA) is 69.6 Å². The van der Waals surface area contributed by atoms with Gasteiger partial charge in [-0.15, -0.1) is 5.10 Å². The Morgan fingerprint density at radius 3 is 2.81 bits per heavy atom. The first kappa shape index (κ1) is 14.0. The van der Waals surface area contributed by atoms with E-state index in [1.54, 1.807) is 10.7 Å². The number of halogens is 2. The summed E-state index contributed by atoms with van der Waals surface area (Å²) >= 11 is 9.67. The highest BCUT2D eigenvalue weighted by Crippen LogP contribution is 2.30. The summed E-state index contributed by atoms with van der Waals surface area (Å²) in [5.41, 5.74) is 9.20. The molecular weight excluding hydrogens is 354 g/mol. The van der Waals surface area contributed by atoms with Crippen LogP contribution in [-0.2, 0) is 0 Å². The number of nitrogens with zero attached hydrogens (tertiary/aromatic N) is 4. The fourth-order valence-electron chi connectivity index (χ4n) is 2.03. The standard InChI is InChI=1S/C14H11BrClN5/c1-8-2-5-12(17)10(6-8)14-18-19-20-21(14)13-7-9(15)3-4-11(13)16/h2-7H,17H2,1H3. The van der Waals surface area contributed by atoms with Gasteiger partial charge in [-0.05, 0) is 47.7 Å². The molecule has 0 radical (unpaired) electrons. The molecule has 1 heterocycles. The van der Waals surface area contributed by atoms with E-state index in [0.29, 0.717) is 22.2 Å². The Kier molecular flexibility index (Phi) is 3.65. The van der Waals surface area contributed by atoms with Crippen LogP contribution in [0, 0.1) is 6.92 Å². The fraction of sp³-hybridized carbons (Fsp3) is 0.0714. The number of tetrazole rings is 1. The van der Waals surface area contributed by atoms with Gasteiger partial charge in [0.15, 0.2) is 5.82 Å². The lowest BCUT2D eigenvalue weighted by molar-refractivity contribution is 0.791. The van der Waals surface area contributed by atoms with Crippen LogP contribution in [0.15, 0.2) is 40.9 Å². The summed E-state index contributed by atoms with van der Waals surface area (Å²) in [6, 6.07) is 11.2. The Morgan fingerprint density at radius 1 is 1.19 bits per heavy atom. The zero-order valence-corrected chi connectivity index (χ0v) is 13.4. The maximum Gasteiger partial charge on any atom is 0.189 e. The van der Waals surface area contributed by atoms with Crippen LogP contribution >= 0.6 is 27.5 Å². The van der Waals surface area contributed by atoms with E-state index in [2.05, 4.69) is 31.5 Å². The quantitative estimate of drug-likeness (QED) is 0.705. The van der Waals surface area contributed by atoms with Gasteiger partial charge in [-0.2, -0.15) is 4.68 Å². The lowest BCUT2D eigenvalue weighted by Gasteiger charge is -2.09. The van der Waals surface area contributed by atoms with E-state index in [1.807, 2.05) is 37.3 Å². The molecule has 0 amide bonds. The first-order chi connectivity index (χ1) is 10.1. The maximum atomic E-state index is 6.25. The van der Waals surface area contributed by atoms with Crippen LogP contribution in [0.1, 0.15) is 5.56 Å². The molecule has 0 fully saturated rings. The van der Waals surface area contributed by atoms with Crippen molar-refractivity contribution in [3.8, 4) is 17.1 Å². The third kappa shape index (κ3) is 2.64. The SMILES string of the molecule is Cc1ccc(N)c(-c2nnnn2-c2cc(Br)ccc2Cl)c1. The molecule has 0 aliphatic carbocycles. The second-order valence-electron chi connectivity index (χ2n) is 4.60. The number of hydrogen-bond acceptors (Lipinski definition) is 4. The Bertz CT molecular complexity index is 749. The van der Waals surface area contributed by atoms with Gasteiger partial charge in [0.2, 0.25) is 0 Å². The lowest BCUT2D eigenvalue weighted by Crippen LogP contribution is -2.02. The molecule has 1 aromatic heterocycles. The van der Waals surface area contributed by atoms with E-state index < -0.39 is 0 Å². The van der Waals surface area contributed by atoms with Gasteiger partial charge in [0, 0.05) is 15.7 Å². The molecule has 0 saturated heterocycles. The zero-order chi connectivity index (χ0) is 15.0. The molecule has 7 heteroatoms. The molecular formula is C14H11BrClN5. The largest absolute Gasteiger partial charge is 0.398 e. The third-order valence-electron chi connectivity index (χ3n) is 3.06. The van der Waals surface area contributed by atoms with Crippen molar-refractivity contribution < 1.29 is 0 Å². The number of aromatic nitrogens is 4. The van der Waals surface area contributed by atoms with Crippen molar-refractivity contribution >= 4 is 33.2 Å².